The Kier molecular flexibility index (Phi) is 7.80. The zero-order valence-electron chi connectivity index (χ0n) is 9.88. The number of aliphatic hydroxyl groups is 5. The van der Waals surface area contributed by atoms with Crippen molar-refractivity contribution in [2.45, 2.75) is 24.0 Å². The fourth-order valence-electron chi connectivity index (χ4n) is 1.85. The molecule has 0 unspecified atom stereocenters. The van der Waals surface area contributed by atoms with Crippen LogP contribution in [0.25, 0.3) is 0 Å². The first-order valence-electron chi connectivity index (χ1n) is 5.53. The summed E-state index contributed by atoms with van der Waals surface area (Å²) < 4.78 is 5.39. The highest BCUT2D eigenvalue weighted by atomic mass is 16.5. The molecule has 0 spiro atoms. The zero-order valence-corrected chi connectivity index (χ0v) is 9.88. The zero-order chi connectivity index (χ0) is 13.4. The van der Waals surface area contributed by atoms with Gasteiger partial charge in [0.2, 0.25) is 0 Å². The summed E-state index contributed by atoms with van der Waals surface area (Å²) in [5.74, 6) is 0. The quantitative estimate of drug-likeness (QED) is 0.247. The van der Waals surface area contributed by atoms with Gasteiger partial charge in [0, 0.05) is 26.1 Å². The van der Waals surface area contributed by atoms with Crippen LogP contribution >= 0.6 is 0 Å². The highest BCUT2D eigenvalue weighted by Gasteiger charge is 2.48. The minimum absolute atomic E-state index is 0.0468. The second-order valence-electron chi connectivity index (χ2n) is 3.99. The van der Waals surface area contributed by atoms with E-state index in [4.69, 9.17) is 25.8 Å². The third-order valence-corrected chi connectivity index (χ3v) is 2.97. The van der Waals surface area contributed by atoms with E-state index in [1.807, 2.05) is 0 Å². The van der Waals surface area contributed by atoms with Crippen molar-refractivity contribution >= 4 is 0 Å². The van der Waals surface area contributed by atoms with Crippen LogP contribution in [0.5, 0.6) is 0 Å². The van der Waals surface area contributed by atoms with Crippen LogP contribution in [0, 0.1) is 0 Å². The van der Waals surface area contributed by atoms with Gasteiger partial charge in [-0.25, -0.2) is 0 Å². The first-order chi connectivity index (χ1) is 8.05. The van der Waals surface area contributed by atoms with E-state index in [0.717, 1.165) is 0 Å². The fraction of sp³-hybridized carbons (Fsp3) is 1.00. The molecule has 0 saturated carbocycles. The van der Waals surface area contributed by atoms with Gasteiger partial charge in [-0.1, -0.05) is 0 Å². The Bertz CT molecular complexity index is 191. The minimum atomic E-state index is -1.49. The maximum absolute atomic E-state index is 9.28. The maximum Gasteiger partial charge on any atom is 0.0950 e. The molecule has 7 nitrogen and oxygen atoms in total. The Morgan fingerprint density at radius 2 is 1.29 bits per heavy atom. The Labute approximate surface area is 100 Å². The van der Waals surface area contributed by atoms with Crippen molar-refractivity contribution < 1.29 is 30.3 Å². The van der Waals surface area contributed by atoms with Crippen LogP contribution < -0.4 is 5.73 Å². The average molecular weight is 253 g/mol. The van der Waals surface area contributed by atoms with E-state index in [2.05, 4.69) is 0 Å². The molecule has 0 atom stereocenters. The van der Waals surface area contributed by atoms with Gasteiger partial charge in [-0.2, -0.15) is 0 Å². The first kappa shape index (κ1) is 16.7. The first-order valence-corrected chi connectivity index (χ1v) is 5.53. The number of aliphatic hydroxyl groups excluding tert-OH is 5. The molecule has 0 radical (unpaired) electrons. The molecule has 17 heavy (non-hydrogen) atoms. The van der Waals surface area contributed by atoms with E-state index in [-0.39, 0.29) is 39.3 Å². The second kappa shape index (κ2) is 7.93. The third-order valence-electron chi connectivity index (χ3n) is 2.97. The topological polar surface area (TPSA) is 136 Å². The predicted octanol–water partition coefficient (Wildman–Crippen LogP) is -2.82. The van der Waals surface area contributed by atoms with Gasteiger partial charge in [0.25, 0.3) is 0 Å². The van der Waals surface area contributed by atoms with E-state index < -0.39 is 24.4 Å². The molecule has 0 aromatic rings. The molecule has 0 aliphatic heterocycles. The van der Waals surface area contributed by atoms with E-state index in [9.17, 15) is 10.2 Å². The van der Waals surface area contributed by atoms with Crippen LogP contribution in [-0.2, 0) is 4.74 Å². The van der Waals surface area contributed by atoms with Gasteiger partial charge < -0.3 is 36.0 Å². The van der Waals surface area contributed by atoms with Crippen LogP contribution in [0.15, 0.2) is 0 Å². The summed E-state index contributed by atoms with van der Waals surface area (Å²) >= 11 is 0. The molecule has 0 aromatic heterocycles. The van der Waals surface area contributed by atoms with Crippen molar-refractivity contribution in [1.82, 2.24) is 0 Å². The summed E-state index contributed by atoms with van der Waals surface area (Å²) in [6.45, 7) is -1.98. The number of nitrogens with two attached hydrogens (primary N) is 1. The number of rotatable bonds is 10. The minimum Gasteiger partial charge on any atom is -0.396 e. The van der Waals surface area contributed by atoms with Crippen LogP contribution in [0.4, 0.5) is 0 Å². The number of ether oxygens (including phenoxy) is 1. The predicted molar refractivity (Wildman–Crippen MR) is 60.3 cm³/mol. The molecule has 0 fully saturated rings. The molecule has 7 N–H and O–H groups in total. The molecule has 0 saturated heterocycles. The van der Waals surface area contributed by atoms with Crippen molar-refractivity contribution in [1.29, 1.82) is 0 Å². The molecule has 0 bridgehead atoms. The van der Waals surface area contributed by atoms with Crippen LogP contribution in [0.2, 0.25) is 0 Å². The van der Waals surface area contributed by atoms with Gasteiger partial charge in [-0.15, -0.1) is 0 Å². The Hall–Kier alpha value is -0.280. The van der Waals surface area contributed by atoms with Crippen molar-refractivity contribution in [3.63, 3.8) is 0 Å². The smallest absolute Gasteiger partial charge is 0.0950 e. The average Bonchev–Trinajstić information content (AvgIpc) is 2.35. The van der Waals surface area contributed by atoms with E-state index in [0.29, 0.717) is 0 Å². The highest BCUT2D eigenvalue weighted by molar-refractivity contribution is 5.04. The molecular weight excluding hydrogens is 230 g/mol. The van der Waals surface area contributed by atoms with Crippen LogP contribution in [0.3, 0.4) is 0 Å². The lowest BCUT2D eigenvalue weighted by atomic mass is 9.76. The molecule has 0 rings (SSSR count). The monoisotopic (exact) mass is 253 g/mol. The van der Waals surface area contributed by atoms with Gasteiger partial charge >= 0.3 is 0 Å². The molecule has 104 valence electrons. The normalized spacial score (nSPS) is 13.1. The fourth-order valence-corrected chi connectivity index (χ4v) is 1.85. The summed E-state index contributed by atoms with van der Waals surface area (Å²) in [5, 5.41) is 45.4. The Morgan fingerprint density at radius 1 is 0.824 bits per heavy atom. The van der Waals surface area contributed by atoms with Gasteiger partial charge in [-0.3, -0.25) is 0 Å². The third kappa shape index (κ3) is 3.85. The van der Waals surface area contributed by atoms with E-state index in [1.54, 1.807) is 0 Å². The SMILES string of the molecule is NC(CO)(CO)C(CCO)(CCO)OCCO. The number of hydrogen-bond donors (Lipinski definition) is 6. The summed E-state index contributed by atoms with van der Waals surface area (Å²) in [5.41, 5.74) is 3.09. The summed E-state index contributed by atoms with van der Waals surface area (Å²) in [6, 6.07) is 0. The Morgan fingerprint density at radius 3 is 1.59 bits per heavy atom. The maximum atomic E-state index is 9.28. The standard InChI is InChI=1S/C10H23NO6/c11-9(7-15,8-16)10(1-3-12,2-4-13)17-6-5-14/h12-16H,1-8,11H2. The molecule has 0 amide bonds. The van der Waals surface area contributed by atoms with Gasteiger partial charge in [-0.05, 0) is 0 Å². The summed E-state index contributed by atoms with van der Waals surface area (Å²) in [6.07, 6.45) is 0.0936. The lowest BCUT2D eigenvalue weighted by Crippen LogP contribution is -2.67. The van der Waals surface area contributed by atoms with Crippen molar-refractivity contribution in [2.75, 3.05) is 39.6 Å². The molecular formula is C10H23NO6. The number of hydrogen-bond acceptors (Lipinski definition) is 7. The van der Waals surface area contributed by atoms with Gasteiger partial charge in [0.1, 0.15) is 0 Å². The lowest BCUT2D eigenvalue weighted by Gasteiger charge is -2.46. The molecule has 0 aliphatic carbocycles. The molecule has 0 aromatic carbocycles. The van der Waals surface area contributed by atoms with Crippen molar-refractivity contribution in [3.8, 4) is 0 Å². The largest absolute Gasteiger partial charge is 0.396 e. The van der Waals surface area contributed by atoms with Crippen LogP contribution in [-0.4, -0.2) is 76.3 Å². The summed E-state index contributed by atoms with van der Waals surface area (Å²) in [4.78, 5) is 0. The van der Waals surface area contributed by atoms with Crippen molar-refractivity contribution in [2.24, 2.45) is 5.73 Å². The second-order valence-corrected chi connectivity index (χ2v) is 3.99. The summed E-state index contributed by atoms with van der Waals surface area (Å²) in [7, 11) is 0. The lowest BCUT2D eigenvalue weighted by molar-refractivity contribution is -0.150. The van der Waals surface area contributed by atoms with Crippen molar-refractivity contribution in [3.05, 3.63) is 0 Å². The van der Waals surface area contributed by atoms with Gasteiger partial charge in [0.15, 0.2) is 0 Å². The van der Waals surface area contributed by atoms with Crippen LogP contribution in [0.1, 0.15) is 12.8 Å². The van der Waals surface area contributed by atoms with E-state index >= 15 is 0 Å². The molecule has 0 heterocycles. The molecule has 7 heteroatoms. The van der Waals surface area contributed by atoms with Gasteiger partial charge in [0.05, 0.1) is 37.6 Å². The Balaban J connectivity index is 5.10. The van der Waals surface area contributed by atoms with E-state index in [1.165, 1.54) is 0 Å². The highest BCUT2D eigenvalue weighted by Crippen LogP contribution is 2.31. The molecule has 0 aliphatic rings.